The van der Waals surface area contributed by atoms with Gasteiger partial charge >= 0.3 is 142 Å². The van der Waals surface area contributed by atoms with Gasteiger partial charge in [0.15, 0.2) is 0 Å². The number of nitrogens with one attached hydrogen (secondary N) is 1. The zero-order chi connectivity index (χ0) is 15.7. The van der Waals surface area contributed by atoms with Crippen LogP contribution in [0.15, 0.2) is 24.5 Å². The van der Waals surface area contributed by atoms with Crippen LogP contribution in [0.4, 0.5) is 0 Å². The second-order valence-corrected chi connectivity index (χ2v) is 6.33. The number of carbonyl (C=O) groups is 1. The molecule has 3 rings (SSSR count). The fourth-order valence-electron chi connectivity index (χ4n) is 1.92. The van der Waals surface area contributed by atoms with E-state index in [0.717, 1.165) is 11.1 Å². The number of halogens is 2. The average molecular weight is 425 g/mol. The Hall–Kier alpha value is -1.68. The molecule has 0 aliphatic rings. The number of aromatic amines is 1. The Morgan fingerprint density at radius 1 is 1.36 bits per heavy atom. The van der Waals surface area contributed by atoms with Crippen molar-refractivity contribution in [3.8, 4) is 17.1 Å². The molecule has 0 saturated carbocycles. The first-order chi connectivity index (χ1) is 10.6. The van der Waals surface area contributed by atoms with E-state index in [1.54, 1.807) is 24.5 Å². The molecule has 0 bridgehead atoms. The molecular formula is C13H8BClIN4O2-. The number of benzene rings is 1. The fourth-order valence-corrected chi connectivity index (χ4v) is 2.79. The Balaban J connectivity index is 2.05. The van der Waals surface area contributed by atoms with Gasteiger partial charge in [0.25, 0.3) is 0 Å². The van der Waals surface area contributed by atoms with Crippen LogP contribution in [0.5, 0.6) is 6.01 Å². The number of rotatable bonds is 3. The van der Waals surface area contributed by atoms with Gasteiger partial charge in [-0.05, 0) is 0 Å². The van der Waals surface area contributed by atoms with E-state index < -0.39 is 27.0 Å². The summed E-state index contributed by atoms with van der Waals surface area (Å²) in [5.41, 5.74) is 8.41. The summed E-state index contributed by atoms with van der Waals surface area (Å²) in [5.74, 6) is -0.445. The number of carbonyl (C=O) groups excluding carboxylic acids is 1. The Morgan fingerprint density at radius 2 is 2.09 bits per heavy atom. The maximum atomic E-state index is 11.0. The molecule has 1 aromatic carbocycles. The van der Waals surface area contributed by atoms with Gasteiger partial charge in [-0.25, -0.2) is 0 Å². The van der Waals surface area contributed by atoms with Crippen molar-refractivity contribution in [3.63, 3.8) is 0 Å². The van der Waals surface area contributed by atoms with Gasteiger partial charge in [-0.15, -0.1) is 0 Å². The molecule has 0 fully saturated rings. The number of esters is 1. The second-order valence-electron chi connectivity index (χ2n) is 4.33. The molecule has 9 heteroatoms. The van der Waals surface area contributed by atoms with Crippen LogP contribution >= 0.6 is 11.6 Å². The quantitative estimate of drug-likeness (QED) is 0.251. The molecular weight excluding hydrogens is 417 g/mol. The normalized spacial score (nSPS) is 11.0. The van der Waals surface area contributed by atoms with Crippen molar-refractivity contribution in [2.75, 3.05) is 0 Å². The van der Waals surface area contributed by atoms with E-state index >= 15 is 0 Å². The van der Waals surface area contributed by atoms with Crippen molar-refractivity contribution >= 4 is 34.3 Å². The van der Waals surface area contributed by atoms with Crippen molar-refractivity contribution < 1.29 is 30.5 Å². The van der Waals surface area contributed by atoms with Gasteiger partial charge in [-0.2, -0.15) is 0 Å². The van der Waals surface area contributed by atoms with Crippen molar-refractivity contribution in [2.24, 2.45) is 0 Å². The number of nitrogens with zero attached hydrogens (tertiary/aromatic N) is 3. The van der Waals surface area contributed by atoms with E-state index in [1.807, 2.05) is 0 Å². The number of fused-ring (bicyclic) bond motifs is 1. The van der Waals surface area contributed by atoms with Gasteiger partial charge in [-0.3, -0.25) is 0 Å². The van der Waals surface area contributed by atoms with Crippen LogP contribution in [-0.4, -0.2) is 31.6 Å². The Kier molecular flexibility index (Phi) is 4.30. The van der Waals surface area contributed by atoms with Crippen molar-refractivity contribution in [1.29, 1.82) is 0 Å². The summed E-state index contributed by atoms with van der Waals surface area (Å²) in [7, 11) is 0. The van der Waals surface area contributed by atoms with Crippen LogP contribution in [-0.2, 0) is 4.79 Å². The van der Waals surface area contributed by atoms with Crippen molar-refractivity contribution in [1.82, 2.24) is 19.9 Å². The molecule has 0 unspecified atom stereocenters. The van der Waals surface area contributed by atoms with E-state index in [2.05, 4.69) is 19.9 Å². The Morgan fingerprint density at radius 3 is 2.73 bits per heavy atom. The van der Waals surface area contributed by atoms with Gasteiger partial charge < -0.3 is 0 Å². The number of H-pyrrole nitrogens is 1. The maximum absolute atomic E-state index is 11.0. The summed E-state index contributed by atoms with van der Waals surface area (Å²) in [5, 5.41) is 0.518. The molecule has 110 valence electrons. The predicted molar refractivity (Wildman–Crippen MR) is 77.9 cm³/mol. The Labute approximate surface area is 142 Å². The second kappa shape index (κ2) is 6.21. The van der Waals surface area contributed by atoms with Gasteiger partial charge in [-0.1, -0.05) is 0 Å². The van der Waals surface area contributed by atoms with Crippen LogP contribution in [0.2, 0.25) is 5.02 Å². The van der Waals surface area contributed by atoms with Crippen LogP contribution in [0.1, 0.15) is 6.92 Å². The van der Waals surface area contributed by atoms with Crippen LogP contribution in [0.3, 0.4) is 0 Å². The van der Waals surface area contributed by atoms with Crippen LogP contribution in [0, 0.1) is 3.83 Å². The third-order valence-electron chi connectivity index (χ3n) is 2.82. The number of imidazole rings is 1. The molecule has 0 saturated heterocycles. The number of aromatic nitrogens is 4. The fraction of sp³-hybridized carbons (Fsp3) is 0.0769. The molecule has 0 aliphatic heterocycles. The molecule has 2 radical (unpaired) electrons. The number of hydrogen-bond donors (Lipinski definition) is 1. The topological polar surface area (TPSA) is 80.8 Å². The Bertz CT molecular complexity index is 853. The van der Waals surface area contributed by atoms with Gasteiger partial charge in [0.05, 0.1) is 0 Å². The molecule has 1 N–H and O–H groups in total. The van der Waals surface area contributed by atoms with E-state index in [-0.39, 0.29) is 6.01 Å². The summed E-state index contributed by atoms with van der Waals surface area (Å²) in [6.07, 6.45) is 3.36. The number of hydrogen-bond acceptors (Lipinski definition) is 5. The van der Waals surface area contributed by atoms with Gasteiger partial charge in [0.1, 0.15) is 0 Å². The first kappa shape index (κ1) is 15.2. The van der Waals surface area contributed by atoms with E-state index in [4.69, 9.17) is 22.0 Å². The van der Waals surface area contributed by atoms with E-state index in [0.29, 0.717) is 19.9 Å². The summed E-state index contributed by atoms with van der Waals surface area (Å²) in [6, 6.07) is 3.64. The zero-order valence-corrected chi connectivity index (χ0v) is 14.2. The summed E-state index contributed by atoms with van der Waals surface area (Å²) < 4.78 is 5.59. The minimum atomic E-state index is -0.637. The minimum absolute atomic E-state index is 0.134. The van der Waals surface area contributed by atoms with Crippen LogP contribution < -0.4 is 25.7 Å². The average Bonchev–Trinajstić information content (AvgIpc) is 2.86. The molecule has 3 aromatic rings. The molecule has 0 atom stereocenters. The standard InChI is InChI=1S/C13H8BClIN4O2/c1-6(21)22-13-19-10-2-8(9(15)3-11(10)20-13)7-4-17-12(16-14)18-5-7/h2-5H,1H3,(H,19,20)/q-1. The molecule has 0 amide bonds. The monoisotopic (exact) mass is 425 g/mol. The molecule has 22 heavy (non-hydrogen) atoms. The SMILES string of the molecule is [B][I-]c1ncc(-c2cc3nc(OC(C)=O)[nH]c3cc2Cl)cn1. The predicted octanol–water partition coefficient (Wildman–Crippen LogP) is -1.06. The third-order valence-corrected chi connectivity index (χ3v) is 4.25. The van der Waals surface area contributed by atoms with E-state index in [1.165, 1.54) is 6.92 Å². The third kappa shape index (κ3) is 3.07. The van der Waals surface area contributed by atoms with Crippen molar-refractivity contribution in [2.45, 2.75) is 6.92 Å². The van der Waals surface area contributed by atoms with Gasteiger partial charge in [0.2, 0.25) is 0 Å². The molecule has 0 spiro atoms. The van der Waals surface area contributed by atoms with Crippen LogP contribution in [0.25, 0.3) is 22.2 Å². The summed E-state index contributed by atoms with van der Waals surface area (Å²) >= 11 is 5.66. The molecule has 6 nitrogen and oxygen atoms in total. The van der Waals surface area contributed by atoms with E-state index in [9.17, 15) is 4.79 Å². The molecule has 2 heterocycles. The summed E-state index contributed by atoms with van der Waals surface area (Å²) in [6.45, 7) is 1.31. The summed E-state index contributed by atoms with van der Waals surface area (Å²) in [4.78, 5) is 26.4. The first-order valence-electron chi connectivity index (χ1n) is 6.10. The van der Waals surface area contributed by atoms with Gasteiger partial charge in [0, 0.05) is 0 Å². The molecule has 0 aliphatic carbocycles. The van der Waals surface area contributed by atoms with Crippen molar-refractivity contribution in [3.05, 3.63) is 33.4 Å². The first-order valence-corrected chi connectivity index (χ1v) is 8.80. The number of ether oxygens (including phenoxy) is 1. The molecule has 2 aromatic heterocycles. The zero-order valence-electron chi connectivity index (χ0n) is 11.3.